The van der Waals surface area contributed by atoms with Crippen molar-refractivity contribution in [2.75, 3.05) is 0 Å². The Bertz CT molecular complexity index is 311. The van der Waals surface area contributed by atoms with E-state index < -0.39 is 0 Å². The smallest absolute Gasteiger partial charge is 0.139 e. The lowest BCUT2D eigenvalue weighted by molar-refractivity contribution is -0.128. The summed E-state index contributed by atoms with van der Waals surface area (Å²) in [6, 6.07) is 2.14. The average Bonchev–Trinajstić information content (AvgIpc) is 2.33. The van der Waals surface area contributed by atoms with Gasteiger partial charge in [0.05, 0.1) is 6.07 Å². The highest BCUT2D eigenvalue weighted by Crippen LogP contribution is 2.35. The van der Waals surface area contributed by atoms with Crippen molar-refractivity contribution in [3.05, 3.63) is 11.6 Å². The van der Waals surface area contributed by atoms with Crippen LogP contribution in [0.5, 0.6) is 0 Å². The molecule has 0 aromatic carbocycles. The Morgan fingerprint density at radius 1 is 1.53 bits per heavy atom. The molecule has 0 amide bonds. The van der Waals surface area contributed by atoms with Crippen molar-refractivity contribution in [2.45, 2.75) is 52.4 Å². The molecular formula is C13H19NO. The van der Waals surface area contributed by atoms with E-state index in [4.69, 9.17) is 5.26 Å². The fraction of sp³-hybridized carbons (Fsp3) is 0.692. The highest BCUT2D eigenvalue weighted by Gasteiger charge is 2.32. The van der Waals surface area contributed by atoms with Crippen LogP contribution in [0.3, 0.4) is 0 Å². The van der Waals surface area contributed by atoms with Crippen LogP contribution >= 0.6 is 0 Å². The zero-order valence-electron chi connectivity index (χ0n) is 9.68. The third-order valence-corrected chi connectivity index (χ3v) is 3.34. The Labute approximate surface area is 92.0 Å². The van der Waals surface area contributed by atoms with E-state index in [0.717, 1.165) is 25.7 Å². The van der Waals surface area contributed by atoms with E-state index in [1.165, 1.54) is 5.57 Å². The maximum atomic E-state index is 12.0. The minimum Gasteiger partial charge on any atom is -0.299 e. The SMILES string of the molecule is CC1=CC[C@](C)(CCCC#N)C(=O)CC1. The summed E-state index contributed by atoms with van der Waals surface area (Å²) < 4.78 is 0. The predicted molar refractivity (Wildman–Crippen MR) is 60.2 cm³/mol. The lowest BCUT2D eigenvalue weighted by atomic mass is 9.77. The van der Waals surface area contributed by atoms with Crippen LogP contribution in [-0.4, -0.2) is 5.78 Å². The highest BCUT2D eigenvalue weighted by atomic mass is 16.1. The summed E-state index contributed by atoms with van der Waals surface area (Å²) in [5.74, 6) is 0.369. The number of carbonyl (C=O) groups is 1. The molecule has 0 N–H and O–H groups in total. The van der Waals surface area contributed by atoms with E-state index in [9.17, 15) is 4.79 Å². The van der Waals surface area contributed by atoms with Gasteiger partial charge in [-0.2, -0.15) is 5.26 Å². The molecule has 0 spiro atoms. The second-order valence-corrected chi connectivity index (χ2v) is 4.75. The number of ketones is 1. The Balaban J connectivity index is 2.63. The van der Waals surface area contributed by atoms with Crippen LogP contribution in [0.25, 0.3) is 0 Å². The van der Waals surface area contributed by atoms with E-state index in [0.29, 0.717) is 18.6 Å². The van der Waals surface area contributed by atoms with Gasteiger partial charge in [0.25, 0.3) is 0 Å². The fourth-order valence-corrected chi connectivity index (χ4v) is 2.03. The lowest BCUT2D eigenvalue weighted by Crippen LogP contribution is -2.26. The van der Waals surface area contributed by atoms with Crippen molar-refractivity contribution in [3.8, 4) is 6.07 Å². The third-order valence-electron chi connectivity index (χ3n) is 3.34. The second-order valence-electron chi connectivity index (χ2n) is 4.75. The van der Waals surface area contributed by atoms with Crippen LogP contribution in [0.2, 0.25) is 0 Å². The molecule has 0 unspecified atom stereocenters. The monoisotopic (exact) mass is 205 g/mol. The molecule has 1 aliphatic rings. The van der Waals surface area contributed by atoms with E-state index >= 15 is 0 Å². The maximum absolute atomic E-state index is 12.0. The summed E-state index contributed by atoms with van der Waals surface area (Å²) >= 11 is 0. The number of hydrogen-bond donors (Lipinski definition) is 0. The maximum Gasteiger partial charge on any atom is 0.139 e. The topological polar surface area (TPSA) is 40.9 Å². The zero-order chi connectivity index (χ0) is 11.3. The first-order valence-corrected chi connectivity index (χ1v) is 5.64. The Hall–Kier alpha value is -1.10. The summed E-state index contributed by atoms with van der Waals surface area (Å²) in [5.41, 5.74) is 1.11. The van der Waals surface area contributed by atoms with Gasteiger partial charge in [0.15, 0.2) is 0 Å². The normalized spacial score (nSPS) is 26.7. The average molecular weight is 205 g/mol. The first-order chi connectivity index (χ1) is 7.08. The van der Waals surface area contributed by atoms with Crippen molar-refractivity contribution in [3.63, 3.8) is 0 Å². The molecule has 0 aromatic heterocycles. The minimum absolute atomic E-state index is 0.214. The van der Waals surface area contributed by atoms with E-state index in [1.54, 1.807) is 0 Å². The highest BCUT2D eigenvalue weighted by molar-refractivity contribution is 5.85. The quantitative estimate of drug-likeness (QED) is 0.523. The Morgan fingerprint density at radius 3 is 2.93 bits per heavy atom. The zero-order valence-corrected chi connectivity index (χ0v) is 9.68. The van der Waals surface area contributed by atoms with Gasteiger partial charge in [0, 0.05) is 18.3 Å². The van der Waals surface area contributed by atoms with Gasteiger partial charge in [-0.3, -0.25) is 4.79 Å². The molecule has 0 fully saturated rings. The molecular weight excluding hydrogens is 186 g/mol. The number of Topliss-reactive ketones (excluding diaryl/α,β-unsaturated/α-hetero) is 1. The van der Waals surface area contributed by atoms with Crippen LogP contribution in [-0.2, 0) is 4.79 Å². The summed E-state index contributed by atoms with van der Waals surface area (Å²) in [7, 11) is 0. The van der Waals surface area contributed by atoms with Crippen molar-refractivity contribution in [1.82, 2.24) is 0 Å². The van der Waals surface area contributed by atoms with E-state index in [-0.39, 0.29) is 5.41 Å². The molecule has 0 radical (unpaired) electrons. The lowest BCUT2D eigenvalue weighted by Gasteiger charge is -2.25. The number of carbonyl (C=O) groups excluding carboxylic acids is 1. The second kappa shape index (κ2) is 5.11. The predicted octanol–water partition coefficient (Wildman–Crippen LogP) is 3.39. The molecule has 82 valence electrons. The van der Waals surface area contributed by atoms with Crippen LogP contribution in [0, 0.1) is 16.7 Å². The van der Waals surface area contributed by atoms with E-state index in [2.05, 4.69) is 19.1 Å². The number of allylic oxidation sites excluding steroid dienone is 2. The molecule has 1 aliphatic carbocycles. The minimum atomic E-state index is -0.214. The fourth-order valence-electron chi connectivity index (χ4n) is 2.03. The van der Waals surface area contributed by atoms with Crippen LogP contribution in [0.1, 0.15) is 52.4 Å². The number of unbranched alkanes of at least 4 members (excludes halogenated alkanes) is 1. The van der Waals surface area contributed by atoms with Gasteiger partial charge in [0.2, 0.25) is 0 Å². The summed E-state index contributed by atoms with van der Waals surface area (Å²) in [6.45, 7) is 4.14. The van der Waals surface area contributed by atoms with Crippen LogP contribution < -0.4 is 0 Å². The molecule has 0 aromatic rings. The molecule has 0 saturated carbocycles. The summed E-state index contributed by atoms with van der Waals surface area (Å²) in [5, 5.41) is 8.50. The largest absolute Gasteiger partial charge is 0.299 e. The molecule has 0 aliphatic heterocycles. The van der Waals surface area contributed by atoms with Crippen molar-refractivity contribution < 1.29 is 4.79 Å². The third kappa shape index (κ3) is 3.20. The van der Waals surface area contributed by atoms with Crippen molar-refractivity contribution in [1.29, 1.82) is 5.26 Å². The van der Waals surface area contributed by atoms with E-state index in [1.807, 2.05) is 6.92 Å². The van der Waals surface area contributed by atoms with Crippen LogP contribution in [0.15, 0.2) is 11.6 Å². The molecule has 0 heterocycles. The molecule has 1 atom stereocenters. The van der Waals surface area contributed by atoms with Gasteiger partial charge in [-0.15, -0.1) is 0 Å². The summed E-state index contributed by atoms with van der Waals surface area (Å²) in [4.78, 5) is 12.0. The molecule has 15 heavy (non-hydrogen) atoms. The standard InChI is InChI=1S/C13H19NO/c1-11-5-6-12(15)13(2,9-7-11)8-3-4-10-14/h7H,3-6,8-9H2,1-2H3/t13-/m0/s1. The number of nitrogens with zero attached hydrogens (tertiary/aromatic N) is 1. The summed E-state index contributed by atoms with van der Waals surface area (Å²) in [6.07, 6.45) is 6.87. The van der Waals surface area contributed by atoms with Gasteiger partial charge >= 0.3 is 0 Å². The van der Waals surface area contributed by atoms with Gasteiger partial charge in [-0.1, -0.05) is 18.6 Å². The number of hydrogen-bond acceptors (Lipinski definition) is 2. The van der Waals surface area contributed by atoms with Crippen LogP contribution in [0.4, 0.5) is 0 Å². The molecule has 2 heteroatoms. The number of rotatable bonds is 3. The Morgan fingerprint density at radius 2 is 2.27 bits per heavy atom. The van der Waals surface area contributed by atoms with Gasteiger partial charge in [0.1, 0.15) is 5.78 Å². The first-order valence-electron chi connectivity index (χ1n) is 5.64. The van der Waals surface area contributed by atoms with Crippen molar-refractivity contribution in [2.24, 2.45) is 5.41 Å². The van der Waals surface area contributed by atoms with Gasteiger partial charge < -0.3 is 0 Å². The van der Waals surface area contributed by atoms with Crippen molar-refractivity contribution >= 4 is 5.78 Å². The molecule has 1 rings (SSSR count). The van der Waals surface area contributed by atoms with Gasteiger partial charge in [-0.05, 0) is 32.6 Å². The number of nitriles is 1. The molecule has 0 saturated heterocycles. The first kappa shape index (κ1) is 12.0. The van der Waals surface area contributed by atoms with Gasteiger partial charge in [-0.25, -0.2) is 0 Å². The molecule has 0 bridgehead atoms. The molecule has 2 nitrogen and oxygen atoms in total. The Kier molecular flexibility index (Phi) is 4.08.